The lowest BCUT2D eigenvalue weighted by Crippen LogP contribution is -2.00. The fourth-order valence-electron chi connectivity index (χ4n) is 8.32. The number of nitrogens with zero attached hydrogens (tertiary/aromatic N) is 4. The maximum Gasteiger partial charge on any atom is 0.164 e. The number of pyridine rings is 1. The van der Waals surface area contributed by atoms with Crippen LogP contribution in [0.4, 0.5) is 0 Å². The van der Waals surface area contributed by atoms with Crippen LogP contribution in [0.5, 0.6) is 0 Å². The van der Waals surface area contributed by atoms with E-state index in [1.165, 1.54) is 56.7 Å². The third-order valence-corrected chi connectivity index (χ3v) is 13.5. The molecular formula is C52H30N4S2. The highest BCUT2D eigenvalue weighted by atomic mass is 32.1. The second-order valence-electron chi connectivity index (χ2n) is 14.6. The van der Waals surface area contributed by atoms with E-state index in [1.54, 1.807) is 0 Å². The smallest absolute Gasteiger partial charge is 0.164 e. The molecule has 4 nitrogen and oxygen atoms in total. The van der Waals surface area contributed by atoms with Gasteiger partial charge in [0.05, 0.1) is 15.9 Å². The lowest BCUT2D eigenvalue weighted by molar-refractivity contribution is 1.07. The molecule has 4 heterocycles. The quantitative estimate of drug-likeness (QED) is 0.163. The Labute approximate surface area is 341 Å². The van der Waals surface area contributed by atoms with Crippen molar-refractivity contribution >= 4 is 84.7 Å². The van der Waals surface area contributed by atoms with Gasteiger partial charge >= 0.3 is 0 Å². The van der Waals surface area contributed by atoms with Crippen LogP contribution < -0.4 is 0 Å². The van der Waals surface area contributed by atoms with Gasteiger partial charge in [-0.2, -0.15) is 0 Å². The highest BCUT2D eigenvalue weighted by molar-refractivity contribution is 7.26. The lowest BCUT2D eigenvalue weighted by atomic mass is 9.99. The monoisotopic (exact) mass is 774 g/mol. The SMILES string of the molecule is c1ccc(-c2nc(-c3ccc(-c4cccc5c4sc4ccccc45)cc3)nc(-c3ccc(-c4nc5c6ccccc6ccc5c5c4sc4ccccc45)cc3)n2)cc1. The summed E-state index contributed by atoms with van der Waals surface area (Å²) >= 11 is 3.66. The van der Waals surface area contributed by atoms with E-state index in [0.29, 0.717) is 17.5 Å². The van der Waals surface area contributed by atoms with Crippen molar-refractivity contribution in [3.05, 3.63) is 182 Å². The number of benzene rings is 8. The highest BCUT2D eigenvalue weighted by Gasteiger charge is 2.19. The Bertz CT molecular complexity index is 3550. The Morgan fingerprint density at radius 1 is 0.310 bits per heavy atom. The van der Waals surface area contributed by atoms with Gasteiger partial charge in [-0.3, -0.25) is 0 Å². The van der Waals surface area contributed by atoms with E-state index in [-0.39, 0.29) is 0 Å². The molecule has 0 N–H and O–H groups in total. The first-order chi connectivity index (χ1) is 28.7. The minimum atomic E-state index is 0.624. The van der Waals surface area contributed by atoms with Crippen molar-refractivity contribution in [3.8, 4) is 56.5 Å². The molecule has 0 saturated carbocycles. The normalized spacial score (nSPS) is 11.8. The molecule has 270 valence electrons. The molecule has 0 aliphatic heterocycles. The summed E-state index contributed by atoms with van der Waals surface area (Å²) in [6.07, 6.45) is 0. The molecule has 12 aromatic rings. The zero-order valence-corrected chi connectivity index (χ0v) is 32.6. The van der Waals surface area contributed by atoms with E-state index in [4.69, 9.17) is 19.9 Å². The molecule has 0 aliphatic carbocycles. The van der Waals surface area contributed by atoms with Gasteiger partial charge in [0.25, 0.3) is 0 Å². The predicted octanol–water partition coefficient (Wildman–Crippen LogP) is 14.6. The Balaban J connectivity index is 0.969. The zero-order chi connectivity index (χ0) is 38.2. The van der Waals surface area contributed by atoms with Crippen molar-refractivity contribution in [2.24, 2.45) is 0 Å². The second-order valence-corrected chi connectivity index (χ2v) is 16.7. The Hall–Kier alpha value is -7.12. The van der Waals surface area contributed by atoms with Crippen molar-refractivity contribution in [2.75, 3.05) is 0 Å². The number of fused-ring (bicyclic) bond motifs is 10. The van der Waals surface area contributed by atoms with Crippen LogP contribution in [0.2, 0.25) is 0 Å². The molecule has 12 rings (SSSR count). The summed E-state index contributed by atoms with van der Waals surface area (Å²) in [6, 6.07) is 64.2. The van der Waals surface area contributed by atoms with E-state index in [0.717, 1.165) is 44.4 Å². The number of thiophene rings is 2. The molecule has 0 saturated heterocycles. The van der Waals surface area contributed by atoms with Gasteiger partial charge in [-0.1, -0.05) is 170 Å². The van der Waals surface area contributed by atoms with E-state index in [2.05, 4.69) is 152 Å². The first-order valence-corrected chi connectivity index (χ1v) is 20.9. The van der Waals surface area contributed by atoms with E-state index in [9.17, 15) is 0 Å². The summed E-state index contributed by atoms with van der Waals surface area (Å²) in [4.78, 5) is 20.6. The van der Waals surface area contributed by atoms with Crippen LogP contribution >= 0.6 is 22.7 Å². The summed E-state index contributed by atoms with van der Waals surface area (Å²) in [7, 11) is 0. The number of rotatable bonds is 5. The number of hydrogen-bond acceptors (Lipinski definition) is 6. The van der Waals surface area contributed by atoms with Crippen LogP contribution in [-0.2, 0) is 0 Å². The van der Waals surface area contributed by atoms with Crippen molar-refractivity contribution < 1.29 is 0 Å². The predicted molar refractivity (Wildman–Crippen MR) is 246 cm³/mol. The van der Waals surface area contributed by atoms with Crippen molar-refractivity contribution in [3.63, 3.8) is 0 Å². The van der Waals surface area contributed by atoms with Gasteiger partial charge in [0.2, 0.25) is 0 Å². The molecular weight excluding hydrogens is 745 g/mol. The summed E-state index contributed by atoms with van der Waals surface area (Å²) in [5.41, 5.74) is 8.24. The molecule has 0 amide bonds. The van der Waals surface area contributed by atoms with Gasteiger partial charge in [0, 0.05) is 68.7 Å². The van der Waals surface area contributed by atoms with Crippen LogP contribution in [0.1, 0.15) is 0 Å². The van der Waals surface area contributed by atoms with Gasteiger partial charge in [-0.25, -0.2) is 19.9 Å². The van der Waals surface area contributed by atoms with Crippen LogP contribution in [0.25, 0.3) is 119 Å². The summed E-state index contributed by atoms with van der Waals surface area (Å²) in [5.74, 6) is 1.90. The molecule has 0 fully saturated rings. The fourth-order valence-corrected chi connectivity index (χ4v) is 10.8. The largest absolute Gasteiger partial charge is 0.246 e. The standard InChI is InChI=1S/C52H30N4S2/c1-2-12-34(13-3-1)50-54-51(35-25-21-32(22-26-35)38-17-10-18-40-39-15-6-8-19-43(39)57-48(38)40)56-52(55-50)36-27-23-33(24-28-36)46-49-45(41-16-7-9-20-44(41)58-49)42-30-29-31-11-4-5-14-37(31)47(42)53-46/h1-30H. The van der Waals surface area contributed by atoms with Crippen LogP contribution in [0.15, 0.2) is 182 Å². The molecule has 0 atom stereocenters. The Morgan fingerprint density at radius 3 is 1.57 bits per heavy atom. The average molecular weight is 775 g/mol. The number of hydrogen-bond donors (Lipinski definition) is 0. The molecule has 58 heavy (non-hydrogen) atoms. The van der Waals surface area contributed by atoms with Gasteiger partial charge < -0.3 is 0 Å². The minimum absolute atomic E-state index is 0.624. The third kappa shape index (κ3) is 5.34. The molecule has 0 bridgehead atoms. The van der Waals surface area contributed by atoms with E-state index < -0.39 is 0 Å². The van der Waals surface area contributed by atoms with Gasteiger partial charge in [0.15, 0.2) is 17.5 Å². The minimum Gasteiger partial charge on any atom is -0.246 e. The third-order valence-electron chi connectivity index (χ3n) is 11.1. The van der Waals surface area contributed by atoms with Gasteiger partial charge in [0.1, 0.15) is 0 Å². The molecule has 4 aromatic heterocycles. The van der Waals surface area contributed by atoms with Crippen molar-refractivity contribution in [1.82, 2.24) is 19.9 Å². The van der Waals surface area contributed by atoms with Gasteiger partial charge in [-0.15, -0.1) is 22.7 Å². The molecule has 8 aromatic carbocycles. The molecule has 0 spiro atoms. The molecule has 0 aliphatic rings. The van der Waals surface area contributed by atoms with Crippen LogP contribution in [0.3, 0.4) is 0 Å². The van der Waals surface area contributed by atoms with E-state index >= 15 is 0 Å². The molecule has 6 heteroatoms. The van der Waals surface area contributed by atoms with Gasteiger partial charge in [-0.05, 0) is 28.6 Å². The second kappa shape index (κ2) is 13.2. The first-order valence-electron chi connectivity index (χ1n) is 19.3. The maximum absolute atomic E-state index is 5.43. The first kappa shape index (κ1) is 33.1. The summed E-state index contributed by atoms with van der Waals surface area (Å²) in [6.45, 7) is 0. The van der Waals surface area contributed by atoms with Crippen LogP contribution in [-0.4, -0.2) is 19.9 Å². The zero-order valence-electron chi connectivity index (χ0n) is 30.9. The summed E-state index contributed by atoms with van der Waals surface area (Å²) in [5, 5.41) is 8.65. The topological polar surface area (TPSA) is 51.6 Å². The van der Waals surface area contributed by atoms with E-state index in [1.807, 2.05) is 53.0 Å². The fraction of sp³-hybridized carbons (Fsp3) is 0. The Kier molecular flexibility index (Phi) is 7.55. The highest BCUT2D eigenvalue weighted by Crippen LogP contribution is 2.44. The average Bonchev–Trinajstić information content (AvgIpc) is 3.88. The van der Waals surface area contributed by atoms with Crippen LogP contribution in [0, 0.1) is 0 Å². The number of aromatic nitrogens is 4. The van der Waals surface area contributed by atoms with Crippen molar-refractivity contribution in [2.45, 2.75) is 0 Å². The summed E-state index contributed by atoms with van der Waals surface area (Å²) < 4.78 is 5.05. The molecule has 0 unspecified atom stereocenters. The maximum atomic E-state index is 5.43. The van der Waals surface area contributed by atoms with Crippen molar-refractivity contribution in [1.29, 1.82) is 0 Å². The molecule has 0 radical (unpaired) electrons. The Morgan fingerprint density at radius 2 is 0.845 bits per heavy atom. The lowest BCUT2D eigenvalue weighted by Gasteiger charge is -2.11.